The van der Waals surface area contributed by atoms with Gasteiger partial charge >= 0.3 is 0 Å². The Hall–Kier alpha value is -3.12. The number of hydrogen-bond acceptors (Lipinski definition) is 3. The second-order valence-electron chi connectivity index (χ2n) is 6.80. The van der Waals surface area contributed by atoms with Crippen LogP contribution in [0.1, 0.15) is 26.9 Å². The first-order chi connectivity index (χ1) is 14.0. The molecule has 0 radical (unpaired) electrons. The van der Waals surface area contributed by atoms with Crippen LogP contribution in [0.4, 0.5) is 15.8 Å². The number of aryl methyl sites for hydroxylation is 1. The highest BCUT2D eigenvalue weighted by Crippen LogP contribution is 2.43. The summed E-state index contributed by atoms with van der Waals surface area (Å²) in [6.07, 6.45) is 0. The summed E-state index contributed by atoms with van der Waals surface area (Å²) in [5.41, 5.74) is 3.87. The lowest BCUT2D eigenvalue weighted by atomic mass is 10.1. The highest BCUT2D eigenvalue weighted by Gasteiger charge is 2.34. The highest BCUT2D eigenvalue weighted by atomic mass is 32.2. The predicted molar refractivity (Wildman–Crippen MR) is 115 cm³/mol. The van der Waals surface area contributed by atoms with Crippen molar-refractivity contribution in [1.82, 2.24) is 0 Å². The molecule has 0 aromatic heterocycles. The minimum atomic E-state index is -0.386. The minimum absolute atomic E-state index is 0.0649. The van der Waals surface area contributed by atoms with Crippen molar-refractivity contribution in [1.29, 1.82) is 0 Å². The summed E-state index contributed by atoms with van der Waals surface area (Å²) in [7, 11) is 0. The average Bonchev–Trinajstić information content (AvgIpc) is 3.10. The van der Waals surface area contributed by atoms with Gasteiger partial charge in [-0.2, -0.15) is 0 Å². The summed E-state index contributed by atoms with van der Waals surface area (Å²) in [6.45, 7) is 1.99. The number of amides is 2. The Morgan fingerprint density at radius 1 is 1.07 bits per heavy atom. The maximum Gasteiger partial charge on any atom is 0.255 e. The number of hydrogen-bond donors (Lipinski definition) is 1. The van der Waals surface area contributed by atoms with Gasteiger partial charge < -0.3 is 5.32 Å². The Balaban J connectivity index is 1.59. The van der Waals surface area contributed by atoms with Crippen LogP contribution in [0.15, 0.2) is 72.8 Å². The van der Waals surface area contributed by atoms with Gasteiger partial charge in [0.1, 0.15) is 11.2 Å². The zero-order valence-electron chi connectivity index (χ0n) is 15.8. The van der Waals surface area contributed by atoms with Crippen LogP contribution in [0.2, 0.25) is 0 Å². The van der Waals surface area contributed by atoms with Gasteiger partial charge in [0.15, 0.2) is 0 Å². The van der Waals surface area contributed by atoms with Gasteiger partial charge in [0, 0.05) is 16.9 Å². The van der Waals surface area contributed by atoms with Crippen LogP contribution >= 0.6 is 11.8 Å². The van der Waals surface area contributed by atoms with Crippen molar-refractivity contribution < 1.29 is 14.0 Å². The Kier molecular flexibility index (Phi) is 5.36. The third-order valence-corrected chi connectivity index (χ3v) is 5.99. The topological polar surface area (TPSA) is 49.4 Å². The fraction of sp³-hybridized carbons (Fsp3) is 0.130. The minimum Gasteiger partial charge on any atom is -0.322 e. The fourth-order valence-corrected chi connectivity index (χ4v) is 4.50. The van der Waals surface area contributed by atoms with Crippen LogP contribution in [0.5, 0.6) is 0 Å². The molecule has 3 aromatic rings. The number of rotatable bonds is 4. The number of halogens is 1. The summed E-state index contributed by atoms with van der Waals surface area (Å²) < 4.78 is 13.1. The van der Waals surface area contributed by atoms with Crippen molar-refractivity contribution in [2.75, 3.05) is 16.0 Å². The van der Waals surface area contributed by atoms with E-state index in [0.717, 1.165) is 16.8 Å². The molecule has 0 bridgehead atoms. The molecule has 0 spiro atoms. The Morgan fingerprint density at radius 2 is 1.83 bits per heavy atom. The zero-order chi connectivity index (χ0) is 20.4. The summed E-state index contributed by atoms with van der Waals surface area (Å²) >= 11 is 1.56. The molecule has 1 fully saturated rings. The fourth-order valence-electron chi connectivity index (χ4n) is 3.34. The average molecular weight is 406 g/mol. The van der Waals surface area contributed by atoms with Crippen LogP contribution < -0.4 is 10.2 Å². The number of carbonyl (C=O) groups is 2. The monoisotopic (exact) mass is 406 g/mol. The van der Waals surface area contributed by atoms with Gasteiger partial charge in [-0.25, -0.2) is 4.39 Å². The molecule has 1 heterocycles. The summed E-state index contributed by atoms with van der Waals surface area (Å²) in [5.74, 6) is -0.226. The second-order valence-corrected chi connectivity index (χ2v) is 7.87. The normalized spacial score (nSPS) is 16.1. The van der Waals surface area contributed by atoms with Crippen molar-refractivity contribution in [2.24, 2.45) is 0 Å². The Labute approximate surface area is 172 Å². The molecule has 1 aliphatic heterocycles. The quantitative estimate of drug-likeness (QED) is 0.651. The molecule has 4 rings (SSSR count). The van der Waals surface area contributed by atoms with E-state index < -0.39 is 0 Å². The van der Waals surface area contributed by atoms with Crippen molar-refractivity contribution in [2.45, 2.75) is 12.3 Å². The van der Waals surface area contributed by atoms with Crippen LogP contribution in [0, 0.1) is 12.7 Å². The molecule has 6 heteroatoms. The molecule has 1 saturated heterocycles. The summed E-state index contributed by atoms with van der Waals surface area (Å²) in [4.78, 5) is 26.8. The lowest BCUT2D eigenvalue weighted by molar-refractivity contribution is -0.115. The standard InChI is InChI=1S/C23H19FN2O2S/c1-15-5-2-3-8-20(15)26-21(27)14-29-23(26)17-6-4-7-19(13-17)25-22(28)16-9-11-18(24)12-10-16/h2-13,23H,14H2,1H3,(H,25,28)/t23-/m1/s1. The number of thioether (sulfide) groups is 1. The van der Waals surface area contributed by atoms with Crippen molar-refractivity contribution in [3.05, 3.63) is 95.3 Å². The Bertz CT molecular complexity index is 1070. The van der Waals surface area contributed by atoms with E-state index in [1.54, 1.807) is 17.8 Å². The Morgan fingerprint density at radius 3 is 2.59 bits per heavy atom. The molecule has 3 aromatic carbocycles. The van der Waals surface area contributed by atoms with E-state index in [1.807, 2.05) is 54.3 Å². The first-order valence-corrected chi connectivity index (χ1v) is 10.2. The summed E-state index contributed by atoms with van der Waals surface area (Å²) in [6, 6.07) is 20.7. The van der Waals surface area contributed by atoms with Crippen LogP contribution in [0.25, 0.3) is 0 Å². The van der Waals surface area contributed by atoms with Gasteiger partial charge in [0.2, 0.25) is 5.91 Å². The van der Waals surface area contributed by atoms with E-state index >= 15 is 0 Å². The van der Waals surface area contributed by atoms with Gasteiger partial charge in [-0.15, -0.1) is 11.8 Å². The van der Waals surface area contributed by atoms with Crippen LogP contribution in [-0.2, 0) is 4.79 Å². The third kappa shape index (κ3) is 4.03. The van der Waals surface area contributed by atoms with Crippen molar-refractivity contribution >= 4 is 35.0 Å². The van der Waals surface area contributed by atoms with Crippen molar-refractivity contribution in [3.8, 4) is 0 Å². The molecule has 29 heavy (non-hydrogen) atoms. The molecule has 0 aliphatic carbocycles. The molecule has 146 valence electrons. The number of nitrogens with one attached hydrogen (secondary N) is 1. The summed E-state index contributed by atoms with van der Waals surface area (Å²) in [5, 5.41) is 2.68. The number of carbonyl (C=O) groups excluding carboxylic acids is 2. The molecule has 4 nitrogen and oxygen atoms in total. The van der Waals surface area contributed by atoms with E-state index in [2.05, 4.69) is 5.32 Å². The predicted octanol–water partition coefficient (Wildman–Crippen LogP) is 5.17. The molecule has 1 N–H and O–H groups in total. The largest absolute Gasteiger partial charge is 0.322 e. The van der Waals surface area contributed by atoms with Gasteiger partial charge in [-0.05, 0) is 60.5 Å². The first-order valence-electron chi connectivity index (χ1n) is 9.19. The van der Waals surface area contributed by atoms with E-state index in [4.69, 9.17) is 0 Å². The SMILES string of the molecule is Cc1ccccc1N1C(=O)CS[C@@H]1c1cccc(NC(=O)c2ccc(F)cc2)c1. The van der Waals surface area contributed by atoms with E-state index in [0.29, 0.717) is 17.0 Å². The molecular formula is C23H19FN2O2S. The zero-order valence-corrected chi connectivity index (χ0v) is 16.6. The third-order valence-electron chi connectivity index (χ3n) is 4.78. The van der Waals surface area contributed by atoms with Gasteiger partial charge in [0.05, 0.1) is 5.75 Å². The lowest BCUT2D eigenvalue weighted by Gasteiger charge is -2.26. The van der Waals surface area contributed by atoms with E-state index in [9.17, 15) is 14.0 Å². The molecule has 1 aliphatic rings. The number of para-hydroxylation sites is 1. The van der Waals surface area contributed by atoms with Crippen molar-refractivity contribution in [3.63, 3.8) is 0 Å². The van der Waals surface area contributed by atoms with Gasteiger partial charge in [-0.1, -0.05) is 30.3 Å². The number of anilines is 2. The molecule has 1 atom stereocenters. The maximum absolute atomic E-state index is 13.1. The highest BCUT2D eigenvalue weighted by molar-refractivity contribution is 8.00. The smallest absolute Gasteiger partial charge is 0.255 e. The van der Waals surface area contributed by atoms with Crippen LogP contribution in [-0.4, -0.2) is 17.6 Å². The van der Waals surface area contributed by atoms with E-state index in [1.165, 1.54) is 24.3 Å². The molecule has 0 saturated carbocycles. The first kappa shape index (κ1) is 19.2. The van der Waals surface area contributed by atoms with Gasteiger partial charge in [0.25, 0.3) is 5.91 Å². The molecular weight excluding hydrogens is 387 g/mol. The number of benzene rings is 3. The van der Waals surface area contributed by atoms with Gasteiger partial charge in [-0.3, -0.25) is 14.5 Å². The number of nitrogens with zero attached hydrogens (tertiary/aromatic N) is 1. The maximum atomic E-state index is 13.1. The lowest BCUT2D eigenvalue weighted by Crippen LogP contribution is -2.28. The molecule has 0 unspecified atom stereocenters. The van der Waals surface area contributed by atoms with Crippen LogP contribution in [0.3, 0.4) is 0 Å². The van der Waals surface area contributed by atoms with E-state index in [-0.39, 0.29) is 23.0 Å². The second kappa shape index (κ2) is 8.09. The molecule has 2 amide bonds.